The number of hydrogen-bond donors (Lipinski definition) is 2. The number of rotatable bonds is 5. The number of nitrogens with one attached hydrogen (secondary N) is 2. The van der Waals surface area contributed by atoms with Crippen molar-refractivity contribution < 1.29 is 9.18 Å². The zero-order valence-corrected chi connectivity index (χ0v) is 21.5. The van der Waals surface area contributed by atoms with Gasteiger partial charge in [-0.1, -0.05) is 18.5 Å². The second-order valence-electron chi connectivity index (χ2n) is 9.23. The van der Waals surface area contributed by atoms with Gasteiger partial charge in [0.15, 0.2) is 5.82 Å². The molecule has 39 heavy (non-hydrogen) atoms. The number of carbonyl (C=O) groups excluding carboxylic acids is 1. The van der Waals surface area contributed by atoms with E-state index in [0.29, 0.717) is 29.2 Å². The molecule has 0 radical (unpaired) electrons. The van der Waals surface area contributed by atoms with E-state index in [1.807, 2.05) is 6.92 Å². The SMILES string of the molecule is CNC(=O)c1cc(-c2cnc([C@@H]3C[C@H](C)c4cc(-c5c(-n6cnnn6)ccc(Cl)c5F)cc(=O)n43)[nH]2)ccn1. The average Bonchev–Trinajstić information content (AvgIpc) is 3.71. The molecule has 4 aromatic heterocycles. The van der Waals surface area contributed by atoms with Crippen molar-refractivity contribution in [2.75, 3.05) is 7.05 Å². The number of nitrogens with zero attached hydrogens (tertiary/aromatic N) is 7. The van der Waals surface area contributed by atoms with Crippen LogP contribution in [0, 0.1) is 5.82 Å². The molecule has 0 unspecified atom stereocenters. The van der Waals surface area contributed by atoms with E-state index in [1.54, 1.807) is 48.3 Å². The molecular formula is C26H21ClFN9O2. The van der Waals surface area contributed by atoms with Crippen molar-refractivity contribution in [3.8, 4) is 28.1 Å². The molecule has 0 saturated carbocycles. The largest absolute Gasteiger partial charge is 0.354 e. The van der Waals surface area contributed by atoms with Gasteiger partial charge in [0.25, 0.3) is 11.5 Å². The van der Waals surface area contributed by atoms with Crippen LogP contribution in [0.4, 0.5) is 4.39 Å². The van der Waals surface area contributed by atoms with Gasteiger partial charge in [-0.3, -0.25) is 14.6 Å². The first-order valence-electron chi connectivity index (χ1n) is 12.1. The molecule has 0 bridgehead atoms. The fraction of sp³-hybridized carbons (Fsp3) is 0.192. The normalized spacial score (nSPS) is 16.3. The Balaban J connectivity index is 1.41. The van der Waals surface area contributed by atoms with Crippen LogP contribution >= 0.6 is 11.6 Å². The van der Waals surface area contributed by atoms with Crippen LogP contribution in [0.2, 0.25) is 5.02 Å². The monoisotopic (exact) mass is 545 g/mol. The third-order valence-corrected chi connectivity index (χ3v) is 7.18. The summed E-state index contributed by atoms with van der Waals surface area (Å²) in [5.74, 6) is -0.375. The minimum Gasteiger partial charge on any atom is -0.354 e. The summed E-state index contributed by atoms with van der Waals surface area (Å²) in [7, 11) is 1.54. The first-order valence-corrected chi connectivity index (χ1v) is 12.4. The number of H-pyrrole nitrogens is 1. The topological polar surface area (TPSA) is 136 Å². The highest BCUT2D eigenvalue weighted by atomic mass is 35.5. The number of halogens is 2. The van der Waals surface area contributed by atoms with Crippen LogP contribution in [0.5, 0.6) is 0 Å². The van der Waals surface area contributed by atoms with Crippen molar-refractivity contribution in [3.05, 3.63) is 93.5 Å². The molecule has 13 heteroatoms. The van der Waals surface area contributed by atoms with Gasteiger partial charge in [-0.05, 0) is 58.7 Å². The summed E-state index contributed by atoms with van der Waals surface area (Å²) in [5, 5.41) is 13.6. The molecule has 5 aromatic rings. The predicted octanol–water partition coefficient (Wildman–Crippen LogP) is 3.52. The maximum absolute atomic E-state index is 15.4. The van der Waals surface area contributed by atoms with Gasteiger partial charge < -0.3 is 14.9 Å². The van der Waals surface area contributed by atoms with Crippen molar-refractivity contribution in [1.29, 1.82) is 0 Å². The number of benzene rings is 1. The second-order valence-corrected chi connectivity index (χ2v) is 9.64. The van der Waals surface area contributed by atoms with Crippen molar-refractivity contribution in [2.45, 2.75) is 25.3 Å². The summed E-state index contributed by atoms with van der Waals surface area (Å²) in [5.41, 5.74) is 3.02. The molecule has 6 rings (SSSR count). The van der Waals surface area contributed by atoms with Gasteiger partial charge in [0.1, 0.15) is 17.8 Å². The Hall–Kier alpha value is -4.71. The van der Waals surface area contributed by atoms with Gasteiger partial charge in [-0.15, -0.1) is 5.10 Å². The van der Waals surface area contributed by atoms with E-state index in [0.717, 1.165) is 11.3 Å². The Morgan fingerprint density at radius 1 is 1.18 bits per heavy atom. The summed E-state index contributed by atoms with van der Waals surface area (Å²) in [4.78, 5) is 37.5. The van der Waals surface area contributed by atoms with Crippen molar-refractivity contribution in [3.63, 3.8) is 0 Å². The lowest BCUT2D eigenvalue weighted by atomic mass is 9.99. The number of aromatic amines is 1. The van der Waals surface area contributed by atoms with Gasteiger partial charge in [0.05, 0.1) is 28.6 Å². The third kappa shape index (κ3) is 4.18. The average molecular weight is 546 g/mol. The number of tetrazole rings is 1. The number of amides is 1. The van der Waals surface area contributed by atoms with Crippen LogP contribution in [0.25, 0.3) is 28.1 Å². The van der Waals surface area contributed by atoms with Gasteiger partial charge in [-0.2, -0.15) is 4.68 Å². The summed E-state index contributed by atoms with van der Waals surface area (Å²) in [6.07, 6.45) is 5.18. The number of hydrogen-bond acceptors (Lipinski definition) is 7. The fourth-order valence-electron chi connectivity index (χ4n) is 5.03. The maximum atomic E-state index is 15.4. The molecule has 0 spiro atoms. The third-order valence-electron chi connectivity index (χ3n) is 6.89. The van der Waals surface area contributed by atoms with E-state index in [-0.39, 0.29) is 39.7 Å². The molecule has 1 aliphatic heterocycles. The van der Waals surface area contributed by atoms with E-state index in [9.17, 15) is 9.59 Å². The minimum absolute atomic E-state index is 0.0179. The van der Waals surface area contributed by atoms with Crippen molar-refractivity contribution in [2.24, 2.45) is 0 Å². The van der Waals surface area contributed by atoms with E-state index in [1.165, 1.54) is 23.1 Å². The predicted molar refractivity (Wildman–Crippen MR) is 140 cm³/mol. The van der Waals surface area contributed by atoms with Gasteiger partial charge >= 0.3 is 0 Å². The van der Waals surface area contributed by atoms with E-state index < -0.39 is 5.82 Å². The zero-order valence-electron chi connectivity index (χ0n) is 20.8. The maximum Gasteiger partial charge on any atom is 0.269 e. The lowest BCUT2D eigenvalue weighted by Gasteiger charge is -2.16. The molecule has 196 valence electrons. The van der Waals surface area contributed by atoms with E-state index in [4.69, 9.17) is 11.6 Å². The van der Waals surface area contributed by atoms with Crippen LogP contribution in [0.3, 0.4) is 0 Å². The highest BCUT2D eigenvalue weighted by molar-refractivity contribution is 6.31. The van der Waals surface area contributed by atoms with E-state index in [2.05, 4.69) is 35.8 Å². The van der Waals surface area contributed by atoms with Crippen LogP contribution in [-0.4, -0.2) is 52.7 Å². The molecule has 11 nitrogen and oxygen atoms in total. The lowest BCUT2D eigenvalue weighted by Crippen LogP contribution is -2.24. The highest BCUT2D eigenvalue weighted by Crippen LogP contribution is 2.40. The Labute approximate surface area is 225 Å². The first-order chi connectivity index (χ1) is 18.9. The van der Waals surface area contributed by atoms with Crippen LogP contribution in [0.1, 0.15) is 47.3 Å². The highest BCUT2D eigenvalue weighted by Gasteiger charge is 2.33. The molecule has 0 aliphatic carbocycles. The fourth-order valence-corrected chi connectivity index (χ4v) is 5.19. The van der Waals surface area contributed by atoms with Crippen molar-refractivity contribution in [1.82, 2.24) is 45.0 Å². The molecule has 2 atom stereocenters. The van der Waals surface area contributed by atoms with Crippen molar-refractivity contribution >= 4 is 17.5 Å². The lowest BCUT2D eigenvalue weighted by molar-refractivity contribution is 0.0958. The van der Waals surface area contributed by atoms with Crippen LogP contribution in [0.15, 0.2) is 59.9 Å². The molecule has 2 N–H and O–H groups in total. The zero-order chi connectivity index (χ0) is 27.3. The van der Waals surface area contributed by atoms with Gasteiger partial charge in [0.2, 0.25) is 0 Å². The summed E-state index contributed by atoms with van der Waals surface area (Å²) in [6.45, 7) is 2.01. The molecule has 1 aromatic carbocycles. The summed E-state index contributed by atoms with van der Waals surface area (Å²) < 4.78 is 18.4. The first kappa shape index (κ1) is 24.6. The smallest absolute Gasteiger partial charge is 0.269 e. The van der Waals surface area contributed by atoms with Crippen LogP contribution in [-0.2, 0) is 0 Å². The summed E-state index contributed by atoms with van der Waals surface area (Å²) in [6, 6.07) is 9.31. The van der Waals surface area contributed by atoms with Crippen LogP contribution < -0.4 is 10.9 Å². The molecule has 1 amide bonds. The quantitative estimate of drug-likeness (QED) is 0.345. The minimum atomic E-state index is -0.666. The van der Waals surface area contributed by atoms with E-state index >= 15 is 4.39 Å². The molecular weight excluding hydrogens is 525 g/mol. The van der Waals surface area contributed by atoms with Gasteiger partial charge in [-0.25, -0.2) is 9.37 Å². The second kappa shape index (κ2) is 9.55. The number of pyridine rings is 2. The number of aromatic nitrogens is 8. The Bertz CT molecular complexity index is 1780. The standard InChI is InChI=1S/C26H21ClFN9O2/c1-13-7-21(25-31-11-18(33-25)14-5-6-30-17(8-14)26(39)29-2)37-20(13)9-15(10-22(37)38)23-19(36-12-32-34-35-36)4-3-16(27)24(23)28/h3-6,8-13,21H,7H2,1-2H3,(H,29,39)(H,31,33)/t13-,21-/m0/s1. The Morgan fingerprint density at radius 3 is 2.79 bits per heavy atom. The number of carbonyl (C=O) groups is 1. The molecule has 1 aliphatic rings. The molecule has 0 fully saturated rings. The Kier molecular flexibility index (Phi) is 6.03. The number of fused-ring (bicyclic) bond motifs is 1. The molecule has 0 saturated heterocycles. The van der Waals surface area contributed by atoms with Gasteiger partial charge in [0, 0.05) is 36.1 Å². The number of imidazole rings is 1. The Morgan fingerprint density at radius 2 is 2.03 bits per heavy atom. The summed E-state index contributed by atoms with van der Waals surface area (Å²) >= 11 is 6.12. The molecule has 5 heterocycles.